The summed E-state index contributed by atoms with van der Waals surface area (Å²) >= 11 is 4.51. The van der Waals surface area contributed by atoms with Gasteiger partial charge in [-0.1, -0.05) is 53.7 Å². The summed E-state index contributed by atoms with van der Waals surface area (Å²) in [5.41, 5.74) is 1.05. The van der Waals surface area contributed by atoms with E-state index in [-0.39, 0.29) is 16.6 Å². The highest BCUT2D eigenvalue weighted by molar-refractivity contribution is 7.99. The molecule has 0 aliphatic carbocycles. The molecule has 7 nitrogen and oxygen atoms in total. The van der Waals surface area contributed by atoms with Gasteiger partial charge in [-0.3, -0.25) is 4.21 Å². The number of methoxy groups -OCH3 is 1. The minimum Gasteiger partial charge on any atom is -0.755 e. The standard InChI is InChI=1S/C21H15ClN2O5S2/c1-28-21(25)15-7-3-5-9-18(15)30-20-16(11-14(22)12-23-20)24(31(26)27)19-10-13-6-2-4-8-17(13)29-19/h2-12H,1H3,(H,26,27)/p-1. The molecule has 0 bridgehead atoms. The monoisotopic (exact) mass is 473 g/mol. The number of rotatable bonds is 6. The number of para-hydroxylation sites is 1. The molecule has 0 radical (unpaired) electrons. The van der Waals surface area contributed by atoms with Gasteiger partial charge < -0.3 is 13.7 Å². The van der Waals surface area contributed by atoms with E-state index in [4.69, 9.17) is 20.8 Å². The Bertz CT molecular complexity index is 1260. The van der Waals surface area contributed by atoms with Gasteiger partial charge in [-0.2, -0.15) is 0 Å². The Morgan fingerprint density at radius 3 is 2.68 bits per heavy atom. The Labute approximate surface area is 189 Å². The maximum Gasteiger partial charge on any atom is 0.339 e. The van der Waals surface area contributed by atoms with Crippen LogP contribution in [0.4, 0.5) is 11.6 Å². The van der Waals surface area contributed by atoms with Crippen LogP contribution in [-0.4, -0.2) is 26.8 Å². The predicted molar refractivity (Wildman–Crippen MR) is 118 cm³/mol. The van der Waals surface area contributed by atoms with Crippen LogP contribution in [0.2, 0.25) is 5.02 Å². The smallest absolute Gasteiger partial charge is 0.339 e. The number of fused-ring (bicyclic) bond motifs is 1. The van der Waals surface area contributed by atoms with Crippen molar-refractivity contribution in [3.05, 3.63) is 77.4 Å². The Morgan fingerprint density at radius 1 is 1.19 bits per heavy atom. The van der Waals surface area contributed by atoms with Crippen LogP contribution in [0, 0.1) is 0 Å². The molecule has 0 aliphatic heterocycles. The van der Waals surface area contributed by atoms with Crippen LogP contribution in [0.1, 0.15) is 10.4 Å². The number of aromatic nitrogens is 1. The van der Waals surface area contributed by atoms with Gasteiger partial charge in [0.15, 0.2) is 0 Å². The fourth-order valence-corrected chi connectivity index (χ4v) is 4.64. The summed E-state index contributed by atoms with van der Waals surface area (Å²) in [6.45, 7) is 0. The van der Waals surface area contributed by atoms with Crippen molar-refractivity contribution in [1.29, 1.82) is 0 Å². The summed E-state index contributed by atoms with van der Waals surface area (Å²) in [6, 6.07) is 17.1. The van der Waals surface area contributed by atoms with Crippen LogP contribution in [0.5, 0.6) is 0 Å². The van der Waals surface area contributed by atoms with Gasteiger partial charge in [0.1, 0.15) is 10.6 Å². The molecular formula is C21H14ClN2O5S2-. The fourth-order valence-electron chi connectivity index (χ4n) is 2.92. The minimum absolute atomic E-state index is 0.0849. The molecule has 2 aromatic heterocycles. The normalized spacial score (nSPS) is 12.0. The molecule has 2 aromatic carbocycles. The summed E-state index contributed by atoms with van der Waals surface area (Å²) < 4.78 is 36.0. The minimum atomic E-state index is -2.74. The van der Waals surface area contributed by atoms with Crippen LogP contribution in [-0.2, 0) is 16.0 Å². The van der Waals surface area contributed by atoms with Crippen molar-refractivity contribution < 1.29 is 22.7 Å². The van der Waals surface area contributed by atoms with E-state index < -0.39 is 17.2 Å². The zero-order valence-electron chi connectivity index (χ0n) is 16.0. The van der Waals surface area contributed by atoms with Crippen molar-refractivity contribution in [3.8, 4) is 0 Å². The first-order valence-electron chi connectivity index (χ1n) is 8.86. The van der Waals surface area contributed by atoms with Crippen LogP contribution in [0.25, 0.3) is 11.0 Å². The maximum absolute atomic E-state index is 12.2. The number of nitrogens with zero attached hydrogens (tertiary/aromatic N) is 2. The van der Waals surface area contributed by atoms with E-state index in [1.165, 1.54) is 19.4 Å². The van der Waals surface area contributed by atoms with E-state index in [2.05, 4.69) is 4.98 Å². The van der Waals surface area contributed by atoms with Crippen molar-refractivity contribution in [1.82, 2.24) is 4.98 Å². The molecule has 1 unspecified atom stereocenters. The molecule has 4 aromatic rings. The van der Waals surface area contributed by atoms with Gasteiger partial charge in [-0.05, 0) is 24.3 Å². The number of hydrogen-bond donors (Lipinski definition) is 0. The molecule has 0 fully saturated rings. The number of furan rings is 1. The van der Waals surface area contributed by atoms with E-state index in [0.29, 0.717) is 21.1 Å². The van der Waals surface area contributed by atoms with Gasteiger partial charge in [0.05, 0.1) is 34.6 Å². The SMILES string of the molecule is COC(=O)c1ccccc1Sc1ncc(Cl)cc1N(c1cc2ccccc2o1)S(=O)[O-]. The maximum atomic E-state index is 12.2. The van der Waals surface area contributed by atoms with Gasteiger partial charge >= 0.3 is 5.97 Å². The number of pyridine rings is 1. The zero-order chi connectivity index (χ0) is 22.0. The van der Waals surface area contributed by atoms with Crippen LogP contribution in [0.3, 0.4) is 0 Å². The number of ether oxygens (including phenoxy) is 1. The van der Waals surface area contributed by atoms with E-state index >= 15 is 0 Å². The lowest BCUT2D eigenvalue weighted by molar-refractivity contribution is 0.0596. The van der Waals surface area contributed by atoms with Crippen molar-refractivity contribution in [3.63, 3.8) is 0 Å². The number of halogens is 1. The predicted octanol–water partition coefficient (Wildman–Crippen LogP) is 5.35. The molecule has 2 heterocycles. The summed E-state index contributed by atoms with van der Waals surface area (Å²) in [6.07, 6.45) is 1.40. The number of carbonyl (C=O) groups excluding carboxylic acids is 1. The van der Waals surface area contributed by atoms with Gasteiger partial charge in [0, 0.05) is 22.5 Å². The first kappa shape index (κ1) is 21.4. The Kier molecular flexibility index (Phi) is 6.28. The second-order valence-electron chi connectivity index (χ2n) is 6.20. The lowest BCUT2D eigenvalue weighted by Gasteiger charge is -2.25. The first-order chi connectivity index (χ1) is 15.0. The second-order valence-corrected chi connectivity index (χ2v) is 8.47. The lowest BCUT2D eigenvalue weighted by Crippen LogP contribution is -2.20. The molecule has 0 saturated carbocycles. The summed E-state index contributed by atoms with van der Waals surface area (Å²) in [5, 5.41) is 1.30. The average Bonchev–Trinajstić information content (AvgIpc) is 3.18. The van der Waals surface area contributed by atoms with Crippen molar-refractivity contribution in [2.75, 3.05) is 11.4 Å². The molecule has 0 aliphatic rings. The molecule has 10 heteroatoms. The number of hydrogen-bond acceptors (Lipinski definition) is 7. The second kappa shape index (κ2) is 9.11. The quantitative estimate of drug-likeness (QED) is 0.275. The molecule has 31 heavy (non-hydrogen) atoms. The highest BCUT2D eigenvalue weighted by atomic mass is 35.5. The van der Waals surface area contributed by atoms with Gasteiger partial charge in [-0.25, -0.2) is 14.1 Å². The molecular weight excluding hydrogens is 460 g/mol. The van der Waals surface area contributed by atoms with Gasteiger partial charge in [0.25, 0.3) is 0 Å². The van der Waals surface area contributed by atoms with E-state index in [1.807, 2.05) is 12.1 Å². The highest BCUT2D eigenvalue weighted by Crippen LogP contribution is 2.41. The fraction of sp³-hybridized carbons (Fsp3) is 0.0476. The number of benzene rings is 2. The van der Waals surface area contributed by atoms with Crippen molar-refractivity contribution >= 4 is 63.1 Å². The molecule has 0 amide bonds. The summed E-state index contributed by atoms with van der Waals surface area (Å²) in [5.74, 6) is -0.429. The molecule has 0 N–H and O–H groups in total. The lowest BCUT2D eigenvalue weighted by atomic mass is 10.2. The van der Waals surface area contributed by atoms with Crippen molar-refractivity contribution in [2.24, 2.45) is 0 Å². The Morgan fingerprint density at radius 2 is 1.94 bits per heavy atom. The van der Waals surface area contributed by atoms with Crippen LogP contribution in [0.15, 0.2) is 81.2 Å². The average molecular weight is 474 g/mol. The van der Waals surface area contributed by atoms with E-state index in [0.717, 1.165) is 21.5 Å². The number of carbonyl (C=O) groups is 1. The topological polar surface area (TPSA) is 95.7 Å². The Balaban J connectivity index is 1.82. The van der Waals surface area contributed by atoms with Crippen LogP contribution >= 0.6 is 23.4 Å². The molecule has 158 valence electrons. The third-order valence-electron chi connectivity index (χ3n) is 4.28. The highest BCUT2D eigenvalue weighted by Gasteiger charge is 2.22. The molecule has 0 spiro atoms. The van der Waals surface area contributed by atoms with Gasteiger partial charge in [0.2, 0.25) is 5.88 Å². The van der Waals surface area contributed by atoms with E-state index in [9.17, 15) is 13.6 Å². The van der Waals surface area contributed by atoms with Crippen LogP contribution < -0.4 is 4.31 Å². The number of anilines is 2. The molecule has 1 atom stereocenters. The summed E-state index contributed by atoms with van der Waals surface area (Å²) in [7, 11) is 1.29. The zero-order valence-corrected chi connectivity index (χ0v) is 18.4. The van der Waals surface area contributed by atoms with Gasteiger partial charge in [-0.15, -0.1) is 0 Å². The summed E-state index contributed by atoms with van der Waals surface area (Å²) in [4.78, 5) is 17.0. The Hall–Kier alpha value is -2.85. The number of esters is 1. The largest absolute Gasteiger partial charge is 0.755 e. The first-order valence-corrected chi connectivity index (χ1v) is 11.1. The van der Waals surface area contributed by atoms with Crippen molar-refractivity contribution in [2.45, 2.75) is 9.92 Å². The molecule has 4 rings (SSSR count). The third kappa shape index (κ3) is 4.45. The van der Waals surface area contributed by atoms with E-state index in [1.54, 1.807) is 42.5 Å². The molecule has 0 saturated heterocycles. The third-order valence-corrected chi connectivity index (χ3v) is 6.24.